The van der Waals surface area contributed by atoms with Crippen molar-refractivity contribution < 1.29 is 13.9 Å². The largest absolute Gasteiger partial charge is 0.490 e. The third-order valence-electron chi connectivity index (χ3n) is 5.32. The van der Waals surface area contributed by atoms with Crippen molar-refractivity contribution in [3.63, 3.8) is 0 Å². The number of furan rings is 1. The van der Waals surface area contributed by atoms with E-state index in [2.05, 4.69) is 4.90 Å². The van der Waals surface area contributed by atoms with Crippen LogP contribution in [0.15, 0.2) is 47.3 Å². The lowest BCUT2D eigenvalue weighted by Crippen LogP contribution is -2.37. The standard InChI is InChI=1S/C21H26N2O3/c24-21(23-10-1-2-11-23)18-3-5-19(6-4-18)26-20-7-12-22(13-8-20)15-17-9-14-25-16-17/h3-6,9,14,16,20H,1-2,7-8,10-13,15H2. The number of carbonyl (C=O) groups excluding carboxylic acids is 1. The van der Waals surface area contributed by atoms with Gasteiger partial charge in [0.05, 0.1) is 12.5 Å². The van der Waals surface area contributed by atoms with Crippen molar-refractivity contribution in [3.05, 3.63) is 54.0 Å². The summed E-state index contributed by atoms with van der Waals surface area (Å²) in [4.78, 5) is 16.8. The van der Waals surface area contributed by atoms with Gasteiger partial charge in [0.1, 0.15) is 11.9 Å². The highest BCUT2D eigenvalue weighted by Crippen LogP contribution is 2.22. The van der Waals surface area contributed by atoms with Gasteiger partial charge in [-0.1, -0.05) is 0 Å². The third kappa shape index (κ3) is 4.10. The van der Waals surface area contributed by atoms with E-state index in [1.807, 2.05) is 41.5 Å². The van der Waals surface area contributed by atoms with E-state index in [0.29, 0.717) is 0 Å². The fourth-order valence-corrected chi connectivity index (χ4v) is 3.80. The van der Waals surface area contributed by atoms with Crippen molar-refractivity contribution in [2.24, 2.45) is 0 Å². The Hall–Kier alpha value is -2.27. The number of benzene rings is 1. The molecule has 138 valence electrons. The number of piperidine rings is 1. The summed E-state index contributed by atoms with van der Waals surface area (Å²) < 4.78 is 11.3. The maximum atomic E-state index is 12.4. The van der Waals surface area contributed by atoms with Crippen molar-refractivity contribution >= 4 is 5.91 Å². The molecule has 1 aromatic heterocycles. The lowest BCUT2D eigenvalue weighted by molar-refractivity contribution is 0.0792. The summed E-state index contributed by atoms with van der Waals surface area (Å²) in [5.41, 5.74) is 1.98. The van der Waals surface area contributed by atoms with Crippen LogP contribution in [-0.2, 0) is 6.54 Å². The van der Waals surface area contributed by atoms with Gasteiger partial charge in [0.25, 0.3) is 5.91 Å². The minimum absolute atomic E-state index is 0.140. The number of likely N-dealkylation sites (tertiary alicyclic amines) is 2. The van der Waals surface area contributed by atoms with Gasteiger partial charge >= 0.3 is 0 Å². The zero-order valence-electron chi connectivity index (χ0n) is 15.1. The van der Waals surface area contributed by atoms with Crippen molar-refractivity contribution in [2.75, 3.05) is 26.2 Å². The van der Waals surface area contributed by atoms with Crippen LogP contribution in [0.1, 0.15) is 41.6 Å². The van der Waals surface area contributed by atoms with Gasteiger partial charge in [0.15, 0.2) is 0 Å². The van der Waals surface area contributed by atoms with E-state index < -0.39 is 0 Å². The Morgan fingerprint density at radius 1 is 1.04 bits per heavy atom. The van der Waals surface area contributed by atoms with Crippen LogP contribution in [0.5, 0.6) is 5.75 Å². The van der Waals surface area contributed by atoms with Crippen LogP contribution in [0, 0.1) is 0 Å². The third-order valence-corrected chi connectivity index (χ3v) is 5.32. The van der Waals surface area contributed by atoms with Gasteiger partial charge in [0, 0.05) is 43.9 Å². The highest BCUT2D eigenvalue weighted by Gasteiger charge is 2.22. The average molecular weight is 354 g/mol. The van der Waals surface area contributed by atoms with Crippen molar-refractivity contribution in [1.82, 2.24) is 9.80 Å². The molecule has 5 heteroatoms. The van der Waals surface area contributed by atoms with Crippen molar-refractivity contribution in [1.29, 1.82) is 0 Å². The SMILES string of the molecule is O=C(c1ccc(OC2CCN(Cc3ccoc3)CC2)cc1)N1CCCC1. The molecule has 2 aromatic rings. The van der Waals surface area contributed by atoms with Gasteiger partial charge in [-0.15, -0.1) is 0 Å². The van der Waals surface area contributed by atoms with E-state index in [9.17, 15) is 4.79 Å². The molecule has 1 aromatic carbocycles. The molecule has 0 aliphatic carbocycles. The van der Waals surface area contributed by atoms with Gasteiger partial charge in [-0.05, 0) is 56.0 Å². The minimum atomic E-state index is 0.140. The Balaban J connectivity index is 1.26. The number of hydrogen-bond donors (Lipinski definition) is 0. The van der Waals surface area contributed by atoms with E-state index in [4.69, 9.17) is 9.15 Å². The topological polar surface area (TPSA) is 45.9 Å². The maximum absolute atomic E-state index is 12.4. The molecule has 3 heterocycles. The predicted molar refractivity (Wildman–Crippen MR) is 99.2 cm³/mol. The molecule has 2 aliphatic rings. The molecule has 0 atom stereocenters. The minimum Gasteiger partial charge on any atom is -0.490 e. The second-order valence-electron chi connectivity index (χ2n) is 7.25. The number of hydrogen-bond acceptors (Lipinski definition) is 4. The van der Waals surface area contributed by atoms with E-state index in [1.165, 1.54) is 5.56 Å². The van der Waals surface area contributed by atoms with E-state index >= 15 is 0 Å². The van der Waals surface area contributed by atoms with Crippen LogP contribution >= 0.6 is 0 Å². The lowest BCUT2D eigenvalue weighted by Gasteiger charge is -2.31. The van der Waals surface area contributed by atoms with Gasteiger partial charge < -0.3 is 14.1 Å². The number of ether oxygens (including phenoxy) is 1. The molecule has 26 heavy (non-hydrogen) atoms. The second kappa shape index (κ2) is 7.96. The van der Waals surface area contributed by atoms with Crippen LogP contribution in [0.3, 0.4) is 0 Å². The molecule has 2 aliphatic heterocycles. The zero-order valence-corrected chi connectivity index (χ0v) is 15.1. The Labute approximate surface area is 154 Å². The highest BCUT2D eigenvalue weighted by molar-refractivity contribution is 5.94. The predicted octanol–water partition coefficient (Wildman–Crippen LogP) is 3.56. The molecular formula is C21H26N2O3. The molecule has 2 fully saturated rings. The molecule has 2 saturated heterocycles. The molecule has 0 spiro atoms. The lowest BCUT2D eigenvalue weighted by atomic mass is 10.1. The monoisotopic (exact) mass is 354 g/mol. The number of amides is 1. The maximum Gasteiger partial charge on any atom is 0.253 e. The molecule has 0 N–H and O–H groups in total. The quantitative estimate of drug-likeness (QED) is 0.824. The molecular weight excluding hydrogens is 328 g/mol. The number of rotatable bonds is 5. The van der Waals surface area contributed by atoms with E-state index in [0.717, 1.165) is 69.7 Å². The fourth-order valence-electron chi connectivity index (χ4n) is 3.80. The van der Waals surface area contributed by atoms with E-state index in [1.54, 1.807) is 6.26 Å². The molecule has 0 saturated carbocycles. The van der Waals surface area contributed by atoms with Crippen LogP contribution in [0.25, 0.3) is 0 Å². The van der Waals surface area contributed by atoms with Gasteiger partial charge in [-0.3, -0.25) is 9.69 Å². The van der Waals surface area contributed by atoms with Gasteiger partial charge in [-0.25, -0.2) is 0 Å². The Bertz CT molecular complexity index is 697. The first-order valence-electron chi connectivity index (χ1n) is 9.57. The van der Waals surface area contributed by atoms with Crippen LogP contribution in [0.2, 0.25) is 0 Å². The number of nitrogens with zero attached hydrogens (tertiary/aromatic N) is 2. The van der Waals surface area contributed by atoms with Crippen LogP contribution in [-0.4, -0.2) is 48.0 Å². The Morgan fingerprint density at radius 3 is 2.42 bits per heavy atom. The van der Waals surface area contributed by atoms with Crippen molar-refractivity contribution in [3.8, 4) is 5.75 Å². The summed E-state index contributed by atoms with van der Waals surface area (Å²) in [6, 6.07) is 9.67. The summed E-state index contributed by atoms with van der Waals surface area (Å²) in [6.07, 6.45) is 8.06. The first-order chi connectivity index (χ1) is 12.8. The average Bonchev–Trinajstić information content (AvgIpc) is 3.37. The Kier molecular flexibility index (Phi) is 5.25. The first kappa shape index (κ1) is 17.2. The fraction of sp³-hybridized carbons (Fsp3) is 0.476. The summed E-state index contributed by atoms with van der Waals surface area (Å²) in [6.45, 7) is 4.77. The normalized spacial score (nSPS) is 19.0. The molecule has 4 rings (SSSR count). The molecule has 0 unspecified atom stereocenters. The zero-order chi connectivity index (χ0) is 17.8. The van der Waals surface area contributed by atoms with Crippen LogP contribution in [0.4, 0.5) is 0 Å². The summed E-state index contributed by atoms with van der Waals surface area (Å²) in [5, 5.41) is 0. The smallest absolute Gasteiger partial charge is 0.253 e. The second-order valence-corrected chi connectivity index (χ2v) is 7.25. The molecule has 1 amide bonds. The Morgan fingerprint density at radius 2 is 1.77 bits per heavy atom. The van der Waals surface area contributed by atoms with Gasteiger partial charge in [-0.2, -0.15) is 0 Å². The number of carbonyl (C=O) groups is 1. The molecule has 0 radical (unpaired) electrons. The molecule has 0 bridgehead atoms. The highest BCUT2D eigenvalue weighted by atomic mass is 16.5. The van der Waals surface area contributed by atoms with E-state index in [-0.39, 0.29) is 12.0 Å². The molecule has 5 nitrogen and oxygen atoms in total. The summed E-state index contributed by atoms with van der Waals surface area (Å²) >= 11 is 0. The van der Waals surface area contributed by atoms with Crippen molar-refractivity contribution in [2.45, 2.75) is 38.3 Å². The van der Waals surface area contributed by atoms with Crippen LogP contribution < -0.4 is 4.74 Å². The summed E-state index contributed by atoms with van der Waals surface area (Å²) in [5.74, 6) is 0.998. The summed E-state index contributed by atoms with van der Waals surface area (Å²) in [7, 11) is 0. The first-order valence-corrected chi connectivity index (χ1v) is 9.57. The van der Waals surface area contributed by atoms with Gasteiger partial charge in [0.2, 0.25) is 0 Å².